The van der Waals surface area contributed by atoms with Gasteiger partial charge in [-0.25, -0.2) is 4.39 Å². The van der Waals surface area contributed by atoms with Crippen LogP contribution in [0, 0.1) is 12.3 Å². The maximum Gasteiger partial charge on any atom is 0.172 e. The molecule has 1 nitrogen and oxygen atoms in total. The summed E-state index contributed by atoms with van der Waals surface area (Å²) in [4.78, 5) is 12.8. The number of Topliss-reactive ketones (excluding diaryl/α,β-unsaturated/α-hetero) is 1. The molecule has 1 aromatic rings. The Kier molecular flexibility index (Phi) is 1.80. The quantitative estimate of drug-likeness (QED) is 0.668. The van der Waals surface area contributed by atoms with E-state index in [-0.39, 0.29) is 5.78 Å². The Morgan fingerprint density at radius 1 is 1.77 bits per heavy atom. The molecule has 1 aromatic heterocycles. The number of thiophene rings is 1. The number of hydrogen-bond donors (Lipinski definition) is 0. The molecular formula is C10H11FOS. The first-order valence-corrected chi connectivity index (χ1v) is 5.16. The third-order valence-electron chi connectivity index (χ3n) is 2.65. The van der Waals surface area contributed by atoms with Crippen LogP contribution >= 0.6 is 11.3 Å². The van der Waals surface area contributed by atoms with Crippen molar-refractivity contribution in [3.05, 3.63) is 21.9 Å². The molecule has 0 N–H and O–H groups in total. The van der Waals surface area contributed by atoms with Crippen LogP contribution in [0.2, 0.25) is 0 Å². The third kappa shape index (κ3) is 1.31. The van der Waals surface area contributed by atoms with Crippen molar-refractivity contribution in [2.75, 3.05) is 0 Å². The predicted octanol–water partition coefficient (Wildman–Crippen LogP) is 2.99. The molecule has 0 amide bonds. The minimum absolute atomic E-state index is 0.0376. The first-order valence-electron chi connectivity index (χ1n) is 4.28. The van der Waals surface area contributed by atoms with Crippen LogP contribution in [0.15, 0.2) is 11.4 Å². The van der Waals surface area contributed by atoms with E-state index in [1.807, 2.05) is 18.4 Å². The number of rotatable bonds is 2. The average Bonchev–Trinajstić information content (AvgIpc) is 2.51. The second-order valence-corrected chi connectivity index (χ2v) is 4.98. The van der Waals surface area contributed by atoms with Gasteiger partial charge in [0.05, 0.1) is 5.41 Å². The van der Waals surface area contributed by atoms with E-state index in [0.717, 1.165) is 4.88 Å². The van der Waals surface area contributed by atoms with Crippen LogP contribution in [0.1, 0.15) is 28.6 Å². The van der Waals surface area contributed by atoms with Crippen molar-refractivity contribution in [2.45, 2.75) is 26.4 Å². The zero-order valence-corrected chi connectivity index (χ0v) is 8.45. The standard InChI is InChI=1S/C10H11FOS/c1-6-3-7(5-13-6)9(12)10(2)4-8(10)11/h3,5,8H,4H2,1-2H3. The lowest BCUT2D eigenvalue weighted by Crippen LogP contribution is -2.14. The fourth-order valence-corrected chi connectivity index (χ4v) is 2.12. The fourth-order valence-electron chi connectivity index (χ4n) is 1.44. The molecule has 2 unspecified atom stereocenters. The zero-order chi connectivity index (χ0) is 9.64. The summed E-state index contributed by atoms with van der Waals surface area (Å²) >= 11 is 1.53. The highest BCUT2D eigenvalue weighted by Gasteiger charge is 2.57. The number of halogens is 1. The molecule has 0 aliphatic heterocycles. The van der Waals surface area contributed by atoms with Crippen molar-refractivity contribution in [3.8, 4) is 0 Å². The predicted molar refractivity (Wildman–Crippen MR) is 51.0 cm³/mol. The molecule has 1 saturated carbocycles. The maximum absolute atomic E-state index is 12.9. The number of alkyl halides is 1. The van der Waals surface area contributed by atoms with Gasteiger partial charge >= 0.3 is 0 Å². The highest BCUT2D eigenvalue weighted by molar-refractivity contribution is 7.10. The van der Waals surface area contributed by atoms with Gasteiger partial charge in [0.25, 0.3) is 0 Å². The van der Waals surface area contributed by atoms with Gasteiger partial charge in [0, 0.05) is 15.8 Å². The molecule has 70 valence electrons. The van der Waals surface area contributed by atoms with Gasteiger partial charge in [-0.05, 0) is 26.3 Å². The van der Waals surface area contributed by atoms with E-state index in [0.29, 0.717) is 12.0 Å². The van der Waals surface area contributed by atoms with Gasteiger partial charge < -0.3 is 0 Å². The van der Waals surface area contributed by atoms with Crippen LogP contribution in [0.25, 0.3) is 0 Å². The van der Waals surface area contributed by atoms with Crippen LogP contribution in [0.5, 0.6) is 0 Å². The van der Waals surface area contributed by atoms with E-state index < -0.39 is 11.6 Å². The Hall–Kier alpha value is -0.700. The van der Waals surface area contributed by atoms with E-state index in [1.54, 1.807) is 6.92 Å². The molecule has 1 aliphatic rings. The SMILES string of the molecule is Cc1cc(C(=O)C2(C)CC2F)cs1. The van der Waals surface area contributed by atoms with Gasteiger partial charge in [0.15, 0.2) is 5.78 Å². The van der Waals surface area contributed by atoms with Crippen molar-refractivity contribution in [3.63, 3.8) is 0 Å². The first-order chi connectivity index (χ1) is 6.04. The van der Waals surface area contributed by atoms with Gasteiger partial charge in [-0.1, -0.05) is 0 Å². The van der Waals surface area contributed by atoms with E-state index >= 15 is 0 Å². The summed E-state index contributed by atoms with van der Waals surface area (Å²) < 4.78 is 12.9. The minimum atomic E-state index is -0.930. The van der Waals surface area contributed by atoms with Gasteiger partial charge in [-0.3, -0.25) is 4.79 Å². The van der Waals surface area contributed by atoms with E-state index in [1.165, 1.54) is 11.3 Å². The Morgan fingerprint density at radius 2 is 2.38 bits per heavy atom. The van der Waals surface area contributed by atoms with Gasteiger partial charge in [-0.15, -0.1) is 11.3 Å². The van der Waals surface area contributed by atoms with Crippen LogP contribution in [0.3, 0.4) is 0 Å². The molecule has 13 heavy (non-hydrogen) atoms. The smallest absolute Gasteiger partial charge is 0.172 e. The van der Waals surface area contributed by atoms with E-state index in [9.17, 15) is 9.18 Å². The highest BCUT2D eigenvalue weighted by atomic mass is 32.1. The lowest BCUT2D eigenvalue weighted by Gasteiger charge is -2.03. The molecule has 1 aliphatic carbocycles. The summed E-state index contributed by atoms with van der Waals surface area (Å²) in [5.74, 6) is -0.0376. The summed E-state index contributed by atoms with van der Waals surface area (Å²) in [6.45, 7) is 3.65. The minimum Gasteiger partial charge on any atom is -0.293 e. The third-order valence-corrected chi connectivity index (χ3v) is 3.51. The van der Waals surface area contributed by atoms with Crippen molar-refractivity contribution in [1.82, 2.24) is 0 Å². The molecule has 3 heteroatoms. The summed E-state index contributed by atoms with van der Waals surface area (Å²) in [6, 6.07) is 1.84. The van der Waals surface area contributed by atoms with Crippen molar-refractivity contribution in [2.24, 2.45) is 5.41 Å². The molecule has 0 saturated heterocycles. The molecule has 1 heterocycles. The lowest BCUT2D eigenvalue weighted by atomic mass is 9.99. The van der Waals surface area contributed by atoms with Gasteiger partial charge in [-0.2, -0.15) is 0 Å². The number of ketones is 1. The molecule has 0 radical (unpaired) electrons. The Bertz CT molecular complexity index is 358. The average molecular weight is 198 g/mol. The van der Waals surface area contributed by atoms with Gasteiger partial charge in [0.1, 0.15) is 6.17 Å². The van der Waals surface area contributed by atoms with E-state index in [2.05, 4.69) is 0 Å². The summed E-state index contributed by atoms with van der Waals surface area (Å²) in [6.07, 6.45) is -0.541. The molecule has 2 atom stereocenters. The number of carbonyl (C=O) groups excluding carboxylic acids is 1. The Balaban J connectivity index is 2.24. The molecular weight excluding hydrogens is 187 g/mol. The molecule has 2 rings (SSSR count). The second-order valence-electron chi connectivity index (χ2n) is 3.86. The molecule has 0 aromatic carbocycles. The first kappa shape index (κ1) is 8.88. The van der Waals surface area contributed by atoms with Crippen molar-refractivity contribution in [1.29, 1.82) is 0 Å². The summed E-state index contributed by atoms with van der Waals surface area (Å²) in [5.41, 5.74) is -0.0433. The largest absolute Gasteiger partial charge is 0.293 e. The number of aryl methyl sites for hydroxylation is 1. The highest BCUT2D eigenvalue weighted by Crippen LogP contribution is 2.50. The van der Waals surface area contributed by atoms with Crippen LogP contribution in [-0.4, -0.2) is 12.0 Å². The van der Waals surface area contributed by atoms with Crippen LogP contribution in [-0.2, 0) is 0 Å². The van der Waals surface area contributed by atoms with Crippen LogP contribution in [0.4, 0.5) is 4.39 Å². The number of hydrogen-bond acceptors (Lipinski definition) is 2. The van der Waals surface area contributed by atoms with Crippen molar-refractivity contribution < 1.29 is 9.18 Å². The Morgan fingerprint density at radius 3 is 2.77 bits per heavy atom. The fraction of sp³-hybridized carbons (Fsp3) is 0.500. The Labute approximate surface area is 80.6 Å². The summed E-state index contributed by atoms with van der Waals surface area (Å²) in [7, 11) is 0. The topological polar surface area (TPSA) is 17.1 Å². The van der Waals surface area contributed by atoms with E-state index in [4.69, 9.17) is 0 Å². The second kappa shape index (κ2) is 2.64. The molecule has 1 fully saturated rings. The van der Waals surface area contributed by atoms with Gasteiger partial charge in [0.2, 0.25) is 0 Å². The summed E-state index contributed by atoms with van der Waals surface area (Å²) in [5, 5.41) is 1.81. The maximum atomic E-state index is 12.9. The monoisotopic (exact) mass is 198 g/mol. The number of carbonyl (C=O) groups is 1. The lowest BCUT2D eigenvalue weighted by molar-refractivity contribution is 0.0894. The molecule has 0 bridgehead atoms. The van der Waals surface area contributed by atoms with Crippen LogP contribution < -0.4 is 0 Å². The molecule has 0 spiro atoms. The normalized spacial score (nSPS) is 31.8. The van der Waals surface area contributed by atoms with Crippen molar-refractivity contribution >= 4 is 17.1 Å². The zero-order valence-electron chi connectivity index (χ0n) is 7.63.